The summed E-state index contributed by atoms with van der Waals surface area (Å²) in [4.78, 5) is 0. The molecule has 1 rings (SSSR count). The van der Waals surface area contributed by atoms with Crippen LogP contribution in [0.1, 0.15) is 46.5 Å². The fourth-order valence-corrected chi connectivity index (χ4v) is 2.34. The molecule has 0 aliphatic carbocycles. The highest BCUT2D eigenvalue weighted by Crippen LogP contribution is 2.26. The Morgan fingerprint density at radius 2 is 2.07 bits per heavy atom. The highest BCUT2D eigenvalue weighted by molar-refractivity contribution is 4.74. The van der Waals surface area contributed by atoms with Crippen molar-refractivity contribution < 1.29 is 9.84 Å². The lowest BCUT2D eigenvalue weighted by atomic mass is 9.92. The molecule has 1 fully saturated rings. The van der Waals surface area contributed by atoms with Gasteiger partial charge in [0.2, 0.25) is 0 Å². The normalized spacial score (nSPS) is 29.8. The summed E-state index contributed by atoms with van der Waals surface area (Å²) in [5.41, 5.74) is 0. The van der Waals surface area contributed by atoms with E-state index in [0.29, 0.717) is 30.7 Å². The van der Waals surface area contributed by atoms with Gasteiger partial charge >= 0.3 is 0 Å². The second-order valence-electron chi connectivity index (χ2n) is 5.06. The number of aliphatic hydroxyl groups excluding tert-OH is 1. The van der Waals surface area contributed by atoms with Gasteiger partial charge in [0, 0.05) is 6.61 Å². The SMILES string of the molecule is CC(C)CC(CO)CC1CCC(C)O1. The molecule has 0 amide bonds. The Morgan fingerprint density at radius 1 is 1.36 bits per heavy atom. The predicted molar refractivity (Wildman–Crippen MR) is 58.2 cm³/mol. The summed E-state index contributed by atoms with van der Waals surface area (Å²) in [6, 6.07) is 0. The molecule has 1 heterocycles. The molecule has 3 unspecified atom stereocenters. The van der Waals surface area contributed by atoms with Crippen molar-refractivity contribution >= 4 is 0 Å². The third-order valence-electron chi connectivity index (χ3n) is 2.98. The summed E-state index contributed by atoms with van der Waals surface area (Å²) >= 11 is 0. The molecular weight excluding hydrogens is 176 g/mol. The van der Waals surface area contributed by atoms with Crippen LogP contribution in [0.15, 0.2) is 0 Å². The molecular formula is C12H24O2. The molecule has 0 radical (unpaired) electrons. The van der Waals surface area contributed by atoms with Gasteiger partial charge in [-0.25, -0.2) is 0 Å². The first-order valence-electron chi connectivity index (χ1n) is 5.88. The van der Waals surface area contributed by atoms with Crippen LogP contribution in [0, 0.1) is 11.8 Å². The smallest absolute Gasteiger partial charge is 0.0583 e. The average Bonchev–Trinajstić information content (AvgIpc) is 2.49. The average molecular weight is 200 g/mol. The zero-order valence-corrected chi connectivity index (χ0v) is 9.70. The molecule has 84 valence electrons. The van der Waals surface area contributed by atoms with E-state index >= 15 is 0 Å². The third kappa shape index (κ3) is 3.97. The minimum atomic E-state index is 0.312. The highest BCUT2D eigenvalue weighted by atomic mass is 16.5. The van der Waals surface area contributed by atoms with Crippen LogP contribution in [0.2, 0.25) is 0 Å². The molecule has 1 aliphatic rings. The van der Waals surface area contributed by atoms with Crippen LogP contribution < -0.4 is 0 Å². The fourth-order valence-electron chi connectivity index (χ4n) is 2.34. The number of hydrogen-bond acceptors (Lipinski definition) is 2. The molecule has 0 aromatic heterocycles. The molecule has 0 bridgehead atoms. The van der Waals surface area contributed by atoms with Gasteiger partial charge in [0.05, 0.1) is 12.2 Å². The van der Waals surface area contributed by atoms with Crippen LogP contribution in [-0.4, -0.2) is 23.9 Å². The molecule has 2 heteroatoms. The van der Waals surface area contributed by atoms with E-state index in [0.717, 1.165) is 12.8 Å². The van der Waals surface area contributed by atoms with Crippen molar-refractivity contribution in [3.05, 3.63) is 0 Å². The maximum atomic E-state index is 9.25. The maximum absolute atomic E-state index is 9.25. The number of rotatable bonds is 5. The van der Waals surface area contributed by atoms with Gasteiger partial charge in [-0.3, -0.25) is 0 Å². The highest BCUT2D eigenvalue weighted by Gasteiger charge is 2.24. The molecule has 2 nitrogen and oxygen atoms in total. The number of ether oxygens (including phenoxy) is 1. The Kier molecular flexibility index (Phi) is 4.90. The first-order chi connectivity index (χ1) is 6.61. The van der Waals surface area contributed by atoms with Gasteiger partial charge < -0.3 is 9.84 Å². The van der Waals surface area contributed by atoms with Crippen LogP contribution in [0.5, 0.6) is 0 Å². The molecule has 14 heavy (non-hydrogen) atoms. The third-order valence-corrected chi connectivity index (χ3v) is 2.98. The molecule has 0 saturated carbocycles. The van der Waals surface area contributed by atoms with Gasteiger partial charge in [-0.05, 0) is 44.4 Å². The topological polar surface area (TPSA) is 29.5 Å². The zero-order valence-electron chi connectivity index (χ0n) is 9.70. The van der Waals surface area contributed by atoms with Crippen molar-refractivity contribution in [2.24, 2.45) is 11.8 Å². The van der Waals surface area contributed by atoms with E-state index in [9.17, 15) is 5.11 Å². The van der Waals surface area contributed by atoms with Crippen LogP contribution in [0.4, 0.5) is 0 Å². The van der Waals surface area contributed by atoms with Crippen molar-refractivity contribution in [3.8, 4) is 0 Å². The van der Waals surface area contributed by atoms with Crippen molar-refractivity contribution in [2.45, 2.75) is 58.7 Å². The Morgan fingerprint density at radius 3 is 2.50 bits per heavy atom. The summed E-state index contributed by atoms with van der Waals surface area (Å²) in [5, 5.41) is 9.25. The Hall–Kier alpha value is -0.0800. The van der Waals surface area contributed by atoms with E-state index in [2.05, 4.69) is 20.8 Å². The zero-order chi connectivity index (χ0) is 10.6. The van der Waals surface area contributed by atoms with E-state index in [-0.39, 0.29) is 0 Å². The summed E-state index contributed by atoms with van der Waals surface area (Å²) < 4.78 is 5.76. The Bertz CT molecular complexity index is 156. The van der Waals surface area contributed by atoms with Crippen LogP contribution in [0.25, 0.3) is 0 Å². The first-order valence-corrected chi connectivity index (χ1v) is 5.88. The number of hydrogen-bond donors (Lipinski definition) is 1. The molecule has 1 aliphatic heterocycles. The second kappa shape index (κ2) is 5.72. The largest absolute Gasteiger partial charge is 0.396 e. The number of aliphatic hydroxyl groups is 1. The molecule has 0 aromatic carbocycles. The second-order valence-corrected chi connectivity index (χ2v) is 5.06. The molecule has 0 spiro atoms. The van der Waals surface area contributed by atoms with Crippen molar-refractivity contribution in [1.82, 2.24) is 0 Å². The Labute approximate surface area is 87.7 Å². The van der Waals surface area contributed by atoms with Gasteiger partial charge in [-0.2, -0.15) is 0 Å². The lowest BCUT2D eigenvalue weighted by molar-refractivity contribution is 0.0309. The van der Waals surface area contributed by atoms with Crippen molar-refractivity contribution in [3.63, 3.8) is 0 Å². The minimum Gasteiger partial charge on any atom is -0.396 e. The summed E-state index contributed by atoms with van der Waals surface area (Å²) in [7, 11) is 0. The van der Waals surface area contributed by atoms with Gasteiger partial charge in [-0.1, -0.05) is 13.8 Å². The summed E-state index contributed by atoms with van der Waals surface area (Å²) in [6.07, 6.45) is 5.35. The van der Waals surface area contributed by atoms with Crippen molar-refractivity contribution in [1.29, 1.82) is 0 Å². The van der Waals surface area contributed by atoms with Gasteiger partial charge in [0.15, 0.2) is 0 Å². The van der Waals surface area contributed by atoms with Gasteiger partial charge in [0.1, 0.15) is 0 Å². The molecule has 3 atom stereocenters. The lowest BCUT2D eigenvalue weighted by Crippen LogP contribution is -2.18. The Balaban J connectivity index is 2.26. The van der Waals surface area contributed by atoms with Crippen LogP contribution in [-0.2, 0) is 4.74 Å². The van der Waals surface area contributed by atoms with E-state index in [1.807, 2.05) is 0 Å². The fraction of sp³-hybridized carbons (Fsp3) is 1.00. The van der Waals surface area contributed by atoms with E-state index in [1.165, 1.54) is 12.8 Å². The van der Waals surface area contributed by atoms with Crippen LogP contribution in [0.3, 0.4) is 0 Å². The molecule has 0 aromatic rings. The lowest BCUT2D eigenvalue weighted by Gasteiger charge is -2.20. The van der Waals surface area contributed by atoms with Gasteiger partial charge in [0.25, 0.3) is 0 Å². The van der Waals surface area contributed by atoms with E-state index in [4.69, 9.17) is 4.74 Å². The summed E-state index contributed by atoms with van der Waals surface area (Å²) in [6.45, 7) is 6.87. The monoisotopic (exact) mass is 200 g/mol. The quantitative estimate of drug-likeness (QED) is 0.739. The van der Waals surface area contributed by atoms with Gasteiger partial charge in [-0.15, -0.1) is 0 Å². The minimum absolute atomic E-state index is 0.312. The first kappa shape index (κ1) is 12.0. The van der Waals surface area contributed by atoms with Crippen LogP contribution >= 0.6 is 0 Å². The predicted octanol–water partition coefficient (Wildman–Crippen LogP) is 2.60. The molecule has 1 N–H and O–H groups in total. The molecule has 1 saturated heterocycles. The summed E-state index contributed by atoms with van der Waals surface area (Å²) in [5.74, 6) is 1.11. The maximum Gasteiger partial charge on any atom is 0.0583 e. The van der Waals surface area contributed by atoms with Crippen molar-refractivity contribution in [2.75, 3.05) is 6.61 Å². The van der Waals surface area contributed by atoms with E-state index in [1.54, 1.807) is 0 Å². The standard InChI is InChI=1S/C12H24O2/c1-9(2)6-11(8-13)7-12-5-4-10(3)14-12/h9-13H,4-8H2,1-3H3. The van der Waals surface area contributed by atoms with E-state index < -0.39 is 0 Å².